The molecule has 1 aliphatic rings. The summed E-state index contributed by atoms with van der Waals surface area (Å²) < 4.78 is 27.9. The normalized spacial score (nSPS) is 14.8. The molecule has 0 radical (unpaired) electrons. The fourth-order valence-electron chi connectivity index (χ4n) is 2.12. The smallest absolute Gasteiger partial charge is 0.367 e. The number of rotatable bonds is 9. The summed E-state index contributed by atoms with van der Waals surface area (Å²) in [6, 6.07) is 4.89. The molecule has 0 unspecified atom stereocenters. The van der Waals surface area contributed by atoms with Crippen LogP contribution in [-0.4, -0.2) is 24.5 Å². The van der Waals surface area contributed by atoms with Crippen molar-refractivity contribution in [3.63, 3.8) is 0 Å². The van der Waals surface area contributed by atoms with E-state index in [4.69, 9.17) is 13.8 Å². The van der Waals surface area contributed by atoms with Gasteiger partial charge in [-0.2, -0.15) is 0 Å². The Balaban J connectivity index is 2.14. The Hall–Kier alpha value is -1.43. The number of hydrogen-bond acceptors (Lipinski definition) is 6. The highest BCUT2D eigenvalue weighted by Gasteiger charge is 2.29. The first-order valence-electron chi connectivity index (χ1n) is 7.28. The topological polar surface area (TPSA) is 87.9 Å². The average molecular weight is 329 g/mol. The van der Waals surface area contributed by atoms with Crippen molar-refractivity contribution in [2.45, 2.75) is 32.6 Å². The van der Waals surface area contributed by atoms with Gasteiger partial charge in [-0.1, -0.05) is 6.07 Å². The molecule has 0 aromatic heterocycles. The summed E-state index contributed by atoms with van der Waals surface area (Å²) in [5.41, 5.74) is 0.820. The minimum Gasteiger partial charge on any atom is -0.474 e. The summed E-state index contributed by atoms with van der Waals surface area (Å²) in [6.45, 7) is 3.81. The standard InChI is InChI=1S/C14H20NO6P/c1-3-20-22(18,21-4-2)10-19-14-8-7-12(11-5-6-11)9-13(14)15(16)17/h7-9,11H,3-6,10H2,1-2H3. The lowest BCUT2D eigenvalue weighted by Crippen LogP contribution is -2.07. The van der Waals surface area contributed by atoms with Crippen LogP contribution in [0.15, 0.2) is 18.2 Å². The maximum atomic E-state index is 12.3. The Morgan fingerprint density at radius 2 is 1.91 bits per heavy atom. The predicted molar refractivity (Wildman–Crippen MR) is 81.4 cm³/mol. The summed E-state index contributed by atoms with van der Waals surface area (Å²) in [5.74, 6) is 0.486. The van der Waals surface area contributed by atoms with E-state index in [1.54, 1.807) is 19.9 Å². The number of hydrogen-bond donors (Lipinski definition) is 0. The maximum absolute atomic E-state index is 12.3. The predicted octanol–water partition coefficient (Wildman–Crippen LogP) is 4.07. The van der Waals surface area contributed by atoms with E-state index >= 15 is 0 Å². The first kappa shape index (κ1) is 16.9. The van der Waals surface area contributed by atoms with E-state index in [-0.39, 0.29) is 31.0 Å². The minimum atomic E-state index is -3.40. The monoisotopic (exact) mass is 329 g/mol. The van der Waals surface area contributed by atoms with Crippen LogP contribution in [-0.2, 0) is 13.6 Å². The van der Waals surface area contributed by atoms with Crippen molar-refractivity contribution < 1.29 is 23.3 Å². The second-order valence-electron chi connectivity index (χ2n) is 4.98. The highest BCUT2D eigenvalue weighted by atomic mass is 31.2. The highest BCUT2D eigenvalue weighted by Crippen LogP contribution is 2.49. The van der Waals surface area contributed by atoms with Crippen LogP contribution in [0.4, 0.5) is 5.69 Å². The fraction of sp³-hybridized carbons (Fsp3) is 0.571. The van der Waals surface area contributed by atoms with Crippen molar-refractivity contribution >= 4 is 13.3 Å². The number of ether oxygens (including phenoxy) is 1. The average Bonchev–Trinajstić information content (AvgIpc) is 3.30. The Morgan fingerprint density at radius 3 is 2.41 bits per heavy atom. The zero-order chi connectivity index (χ0) is 16.2. The molecule has 0 aliphatic heterocycles. The Bertz CT molecular complexity index is 577. The minimum absolute atomic E-state index is 0.0778. The van der Waals surface area contributed by atoms with Crippen LogP contribution in [0.2, 0.25) is 0 Å². The first-order valence-corrected chi connectivity index (χ1v) is 9.01. The van der Waals surface area contributed by atoms with E-state index in [1.165, 1.54) is 6.07 Å². The van der Waals surface area contributed by atoms with Crippen LogP contribution in [0.3, 0.4) is 0 Å². The third-order valence-electron chi connectivity index (χ3n) is 3.26. The van der Waals surface area contributed by atoms with Gasteiger partial charge in [-0.05, 0) is 44.2 Å². The molecule has 1 fully saturated rings. The molecule has 2 rings (SSSR count). The van der Waals surface area contributed by atoms with Gasteiger partial charge >= 0.3 is 13.3 Å². The second-order valence-corrected chi connectivity index (χ2v) is 6.97. The van der Waals surface area contributed by atoms with E-state index in [2.05, 4.69) is 0 Å². The van der Waals surface area contributed by atoms with Gasteiger partial charge in [0, 0.05) is 6.07 Å². The molecule has 0 atom stereocenters. The zero-order valence-corrected chi connectivity index (χ0v) is 13.6. The molecule has 0 N–H and O–H groups in total. The molecule has 0 saturated heterocycles. The molecule has 0 bridgehead atoms. The van der Waals surface area contributed by atoms with Crippen molar-refractivity contribution in [3.8, 4) is 5.75 Å². The number of benzene rings is 1. The van der Waals surface area contributed by atoms with Crippen molar-refractivity contribution in [1.29, 1.82) is 0 Å². The summed E-state index contributed by atoms with van der Waals surface area (Å²) in [5, 5.41) is 11.2. The van der Waals surface area contributed by atoms with E-state index in [0.717, 1.165) is 18.4 Å². The van der Waals surface area contributed by atoms with Crippen LogP contribution in [0.5, 0.6) is 5.75 Å². The zero-order valence-electron chi connectivity index (χ0n) is 12.7. The Kier molecular flexibility index (Phi) is 5.56. The van der Waals surface area contributed by atoms with Crippen LogP contribution >= 0.6 is 7.60 Å². The summed E-state index contributed by atoms with van der Waals surface area (Å²) in [6.07, 6.45) is 1.76. The molecule has 0 heterocycles. The quantitative estimate of drug-likeness (QED) is 0.385. The number of nitrogens with zero attached hydrogens (tertiary/aromatic N) is 1. The van der Waals surface area contributed by atoms with E-state index < -0.39 is 12.5 Å². The number of nitro groups is 1. The lowest BCUT2D eigenvalue weighted by molar-refractivity contribution is -0.385. The molecular weight excluding hydrogens is 309 g/mol. The van der Waals surface area contributed by atoms with E-state index in [1.807, 2.05) is 6.07 Å². The second kappa shape index (κ2) is 7.22. The van der Waals surface area contributed by atoms with Crippen molar-refractivity contribution in [2.24, 2.45) is 0 Å². The Morgan fingerprint density at radius 1 is 1.27 bits per heavy atom. The molecule has 122 valence electrons. The molecule has 22 heavy (non-hydrogen) atoms. The van der Waals surface area contributed by atoms with Gasteiger partial charge in [-0.15, -0.1) is 0 Å². The van der Waals surface area contributed by atoms with Gasteiger partial charge in [0.05, 0.1) is 18.1 Å². The molecule has 0 spiro atoms. The van der Waals surface area contributed by atoms with Crippen molar-refractivity contribution in [1.82, 2.24) is 0 Å². The number of nitro benzene ring substituents is 1. The highest BCUT2D eigenvalue weighted by molar-refractivity contribution is 7.53. The lowest BCUT2D eigenvalue weighted by Gasteiger charge is -2.17. The summed E-state index contributed by atoms with van der Waals surface area (Å²) >= 11 is 0. The van der Waals surface area contributed by atoms with Crippen LogP contribution < -0.4 is 4.74 Å². The third-order valence-corrected chi connectivity index (χ3v) is 5.01. The third kappa shape index (κ3) is 4.29. The Labute approximate surface area is 129 Å². The van der Waals surface area contributed by atoms with Crippen LogP contribution in [0, 0.1) is 10.1 Å². The largest absolute Gasteiger partial charge is 0.474 e. The molecule has 1 aromatic rings. The summed E-state index contributed by atoms with van der Waals surface area (Å²) in [4.78, 5) is 10.7. The van der Waals surface area contributed by atoms with Gasteiger partial charge in [0.25, 0.3) is 0 Å². The SMILES string of the molecule is CCOP(=O)(COc1ccc(C2CC2)cc1[N+](=O)[O-])OCC. The molecular formula is C14H20NO6P. The van der Waals surface area contributed by atoms with Gasteiger partial charge in [0.1, 0.15) is 0 Å². The summed E-state index contributed by atoms with van der Waals surface area (Å²) in [7, 11) is -3.40. The van der Waals surface area contributed by atoms with E-state index in [9.17, 15) is 14.7 Å². The van der Waals surface area contributed by atoms with Crippen LogP contribution in [0.1, 0.15) is 38.2 Å². The molecule has 8 heteroatoms. The molecule has 1 saturated carbocycles. The lowest BCUT2D eigenvalue weighted by atomic mass is 10.1. The van der Waals surface area contributed by atoms with Gasteiger partial charge in [-0.25, -0.2) is 0 Å². The van der Waals surface area contributed by atoms with Gasteiger partial charge in [-0.3, -0.25) is 14.7 Å². The first-order chi connectivity index (χ1) is 10.5. The molecule has 1 aromatic carbocycles. The van der Waals surface area contributed by atoms with Gasteiger partial charge < -0.3 is 13.8 Å². The van der Waals surface area contributed by atoms with E-state index in [0.29, 0.717) is 5.92 Å². The molecule has 1 aliphatic carbocycles. The van der Waals surface area contributed by atoms with Gasteiger partial charge in [0.15, 0.2) is 12.1 Å². The fourth-order valence-corrected chi connectivity index (χ4v) is 3.43. The van der Waals surface area contributed by atoms with Gasteiger partial charge in [0.2, 0.25) is 0 Å². The van der Waals surface area contributed by atoms with Crippen molar-refractivity contribution in [2.75, 3.05) is 19.6 Å². The van der Waals surface area contributed by atoms with Crippen molar-refractivity contribution in [3.05, 3.63) is 33.9 Å². The molecule has 7 nitrogen and oxygen atoms in total. The maximum Gasteiger partial charge on any atom is 0.367 e. The molecule has 0 amide bonds. The van der Waals surface area contributed by atoms with Crippen LogP contribution in [0.25, 0.3) is 0 Å².